The summed E-state index contributed by atoms with van der Waals surface area (Å²) in [5.41, 5.74) is 16.6. The molecule has 0 aliphatic carbocycles. The van der Waals surface area contributed by atoms with Gasteiger partial charge >= 0.3 is 0 Å². The van der Waals surface area contributed by atoms with Crippen LogP contribution in [0.5, 0.6) is 11.5 Å². The fraction of sp³-hybridized carbons (Fsp3) is 0.360. The minimum Gasteiger partial charge on any atom is -0.457 e. The largest absolute Gasteiger partial charge is 0.457 e. The molecule has 5 atom stereocenters. The third kappa shape index (κ3) is 4.24. The lowest BCUT2D eigenvalue weighted by Gasteiger charge is -2.36. The highest BCUT2D eigenvalue weighted by Crippen LogP contribution is 2.39. The van der Waals surface area contributed by atoms with Crippen LogP contribution >= 0.6 is 0 Å². The number of nitrogens with zero attached hydrogens (tertiary/aromatic N) is 2. The third-order valence-electron chi connectivity index (χ3n) is 6.68. The van der Waals surface area contributed by atoms with Crippen molar-refractivity contribution in [3.8, 4) is 23.3 Å². The molecule has 2 aromatic rings. The second-order valence-corrected chi connectivity index (χ2v) is 8.75. The van der Waals surface area contributed by atoms with Crippen LogP contribution in [0.4, 0.5) is 0 Å². The summed E-state index contributed by atoms with van der Waals surface area (Å²) in [6.07, 6.45) is 0.315. The van der Waals surface area contributed by atoms with Crippen LogP contribution in [0, 0.1) is 17.8 Å². The lowest BCUT2D eigenvalue weighted by molar-refractivity contribution is -0.132. The maximum atomic E-state index is 12.9. The average Bonchev–Trinajstić information content (AvgIpc) is 3.49. The molecule has 0 aromatic heterocycles. The van der Waals surface area contributed by atoms with E-state index >= 15 is 0 Å². The Balaban J connectivity index is 1.37. The Hall–Kier alpha value is -3.42. The van der Waals surface area contributed by atoms with E-state index in [1.165, 1.54) is 0 Å². The summed E-state index contributed by atoms with van der Waals surface area (Å²) < 4.78 is 5.92. The molecule has 3 aliphatic rings. The maximum Gasteiger partial charge on any atom is 0.298 e. The van der Waals surface area contributed by atoms with Crippen LogP contribution in [-0.2, 0) is 9.59 Å². The van der Waals surface area contributed by atoms with Crippen LogP contribution < -0.4 is 26.7 Å². The fourth-order valence-electron chi connectivity index (χ4n) is 5.06. The number of likely N-dealkylation sites (tertiary alicyclic amines) is 1. The summed E-state index contributed by atoms with van der Waals surface area (Å²) >= 11 is 0. The van der Waals surface area contributed by atoms with Crippen LogP contribution in [0.25, 0.3) is 0 Å². The van der Waals surface area contributed by atoms with Gasteiger partial charge in [-0.2, -0.15) is 0 Å². The number of hydrogen-bond donors (Lipinski definition) is 4. The molecule has 3 aliphatic heterocycles. The SMILES string of the molecule is CC#CC(=O)N1CC[C@@H](N2NC(c3ccc(Oc4ccccc4)cc3)C3C(N)NNC(=O)C32)C1. The Morgan fingerprint density at radius 3 is 2.59 bits per heavy atom. The van der Waals surface area contributed by atoms with Crippen molar-refractivity contribution in [3.05, 3.63) is 60.2 Å². The van der Waals surface area contributed by atoms with Crippen LogP contribution in [0.3, 0.4) is 0 Å². The number of carbonyl (C=O) groups is 2. The van der Waals surface area contributed by atoms with Gasteiger partial charge in [-0.25, -0.2) is 15.9 Å². The van der Waals surface area contributed by atoms with Crippen molar-refractivity contribution in [3.63, 3.8) is 0 Å². The molecule has 3 heterocycles. The van der Waals surface area contributed by atoms with Crippen LogP contribution in [-0.4, -0.2) is 53.1 Å². The van der Waals surface area contributed by atoms with E-state index in [9.17, 15) is 9.59 Å². The van der Waals surface area contributed by atoms with E-state index in [0.29, 0.717) is 13.1 Å². The predicted octanol–water partition coefficient (Wildman–Crippen LogP) is 0.868. The number of para-hydroxylation sites is 1. The molecule has 2 amide bonds. The Bertz CT molecular complexity index is 1110. The van der Waals surface area contributed by atoms with Crippen molar-refractivity contribution in [1.82, 2.24) is 26.2 Å². The highest BCUT2D eigenvalue weighted by molar-refractivity contribution is 5.93. The number of ether oxygens (including phenoxy) is 1. The van der Waals surface area contributed by atoms with Gasteiger partial charge in [0.1, 0.15) is 17.5 Å². The zero-order chi connectivity index (χ0) is 23.7. The van der Waals surface area contributed by atoms with E-state index in [0.717, 1.165) is 23.5 Å². The molecule has 9 heteroatoms. The van der Waals surface area contributed by atoms with Gasteiger partial charge in [0.2, 0.25) is 0 Å². The molecule has 3 saturated heterocycles. The monoisotopic (exact) mass is 460 g/mol. The normalized spacial score (nSPS) is 28.6. The number of fused-ring (bicyclic) bond motifs is 1. The number of rotatable bonds is 4. The van der Waals surface area contributed by atoms with Crippen molar-refractivity contribution in [2.24, 2.45) is 11.7 Å². The van der Waals surface area contributed by atoms with Gasteiger partial charge in [0.15, 0.2) is 0 Å². The summed E-state index contributed by atoms with van der Waals surface area (Å²) in [6, 6.07) is 16.8. The number of nitrogens with one attached hydrogen (secondary N) is 3. The summed E-state index contributed by atoms with van der Waals surface area (Å²) in [6.45, 7) is 2.77. The van der Waals surface area contributed by atoms with E-state index in [1.807, 2.05) is 59.6 Å². The summed E-state index contributed by atoms with van der Waals surface area (Å²) in [4.78, 5) is 26.9. The maximum absolute atomic E-state index is 12.9. The number of amides is 2. The molecule has 5 N–H and O–H groups in total. The van der Waals surface area contributed by atoms with Gasteiger partial charge in [-0.3, -0.25) is 15.0 Å². The minimum atomic E-state index is -0.459. The summed E-state index contributed by atoms with van der Waals surface area (Å²) in [7, 11) is 0. The van der Waals surface area contributed by atoms with Gasteiger partial charge in [0.05, 0.1) is 12.2 Å². The van der Waals surface area contributed by atoms with E-state index < -0.39 is 12.2 Å². The van der Waals surface area contributed by atoms with Gasteiger partial charge < -0.3 is 15.4 Å². The number of nitrogens with two attached hydrogens (primary N) is 1. The van der Waals surface area contributed by atoms with E-state index in [2.05, 4.69) is 28.1 Å². The Morgan fingerprint density at radius 1 is 1.12 bits per heavy atom. The van der Waals surface area contributed by atoms with Crippen molar-refractivity contribution in [2.75, 3.05) is 13.1 Å². The highest BCUT2D eigenvalue weighted by atomic mass is 16.5. The van der Waals surface area contributed by atoms with E-state index in [-0.39, 0.29) is 29.8 Å². The molecule has 0 bridgehead atoms. The molecule has 9 nitrogen and oxygen atoms in total. The highest BCUT2D eigenvalue weighted by Gasteiger charge is 2.54. The smallest absolute Gasteiger partial charge is 0.298 e. The number of benzene rings is 2. The van der Waals surface area contributed by atoms with Crippen molar-refractivity contribution < 1.29 is 14.3 Å². The molecular formula is C25H28N6O3. The second-order valence-electron chi connectivity index (χ2n) is 8.75. The van der Waals surface area contributed by atoms with Crippen LogP contribution in [0.1, 0.15) is 24.9 Å². The molecule has 176 valence electrons. The predicted molar refractivity (Wildman–Crippen MR) is 126 cm³/mol. The zero-order valence-corrected chi connectivity index (χ0v) is 18.9. The molecule has 0 saturated carbocycles. The van der Waals surface area contributed by atoms with Gasteiger partial charge in [-0.05, 0) is 49.1 Å². The summed E-state index contributed by atoms with van der Waals surface area (Å²) in [5.74, 6) is 6.25. The molecule has 3 fully saturated rings. The van der Waals surface area contributed by atoms with Crippen molar-refractivity contribution in [1.29, 1.82) is 0 Å². The molecule has 2 aromatic carbocycles. The number of carbonyl (C=O) groups excluding carboxylic acids is 2. The summed E-state index contributed by atoms with van der Waals surface area (Å²) in [5, 5.41) is 1.99. The molecule has 34 heavy (non-hydrogen) atoms. The third-order valence-corrected chi connectivity index (χ3v) is 6.68. The lowest BCUT2D eigenvalue weighted by atomic mass is 9.85. The van der Waals surface area contributed by atoms with Crippen molar-refractivity contribution in [2.45, 2.75) is 37.6 Å². The zero-order valence-electron chi connectivity index (χ0n) is 18.9. The molecule has 4 unspecified atom stereocenters. The second kappa shape index (κ2) is 9.44. The van der Waals surface area contributed by atoms with E-state index in [4.69, 9.17) is 10.5 Å². The number of hydrogen-bond acceptors (Lipinski definition) is 7. The minimum absolute atomic E-state index is 0.0168. The van der Waals surface area contributed by atoms with Gasteiger partial charge in [0.25, 0.3) is 11.8 Å². The Labute approximate surface area is 198 Å². The lowest BCUT2D eigenvalue weighted by Crippen LogP contribution is -2.67. The number of hydrazine groups is 2. The van der Waals surface area contributed by atoms with Gasteiger partial charge in [-0.1, -0.05) is 36.3 Å². The van der Waals surface area contributed by atoms with Gasteiger partial charge in [-0.15, -0.1) is 0 Å². The fourth-order valence-corrected chi connectivity index (χ4v) is 5.06. The van der Waals surface area contributed by atoms with Crippen molar-refractivity contribution >= 4 is 11.8 Å². The molecule has 5 rings (SSSR count). The Morgan fingerprint density at radius 2 is 1.85 bits per heavy atom. The van der Waals surface area contributed by atoms with Gasteiger partial charge in [0, 0.05) is 25.0 Å². The topological polar surface area (TPSA) is 112 Å². The average molecular weight is 461 g/mol. The molecular weight excluding hydrogens is 432 g/mol. The van der Waals surface area contributed by atoms with Crippen LogP contribution in [0.15, 0.2) is 54.6 Å². The van der Waals surface area contributed by atoms with E-state index in [1.54, 1.807) is 11.8 Å². The first kappa shape index (κ1) is 22.4. The Kier molecular flexibility index (Phi) is 6.22. The van der Waals surface area contributed by atoms with Crippen LogP contribution in [0.2, 0.25) is 0 Å². The first-order chi connectivity index (χ1) is 16.5. The standard InChI is InChI=1S/C25H28N6O3/c1-2-6-20(32)30-14-13-17(15-30)31-23-21(24(26)27-28-25(23)33)22(29-31)16-9-11-19(12-10-16)34-18-7-4-3-5-8-18/h3-5,7-12,17,21-24,27,29H,13-15,26H2,1H3,(H,28,33)/t17-,21?,22?,23?,24?/m1/s1. The first-order valence-electron chi connectivity index (χ1n) is 11.4. The first-order valence-corrected chi connectivity index (χ1v) is 11.4. The molecule has 0 spiro atoms. The molecule has 0 radical (unpaired) electrons. The quantitative estimate of drug-likeness (QED) is 0.501.